The second kappa shape index (κ2) is 10.1. The maximum Gasteiger partial charge on any atom is 0.407 e. The summed E-state index contributed by atoms with van der Waals surface area (Å²) in [5.41, 5.74) is 2.01. The molecule has 0 saturated heterocycles. The van der Waals surface area contributed by atoms with E-state index >= 15 is 0 Å². The zero-order chi connectivity index (χ0) is 13.9. The van der Waals surface area contributed by atoms with Crippen molar-refractivity contribution in [3.63, 3.8) is 0 Å². The standard InChI is InChI=1S/C11H25N3O4/c1-11(2,3)18-10(15)13-4-6-16-8-9-17-7-5-14-12/h14H,4-9,12H2,1-3H3,(H,13,15). The Morgan fingerprint density at radius 3 is 2.11 bits per heavy atom. The molecule has 0 fully saturated rings. The van der Waals surface area contributed by atoms with Gasteiger partial charge in [0.05, 0.1) is 26.4 Å². The number of carbonyl (C=O) groups is 1. The topological polar surface area (TPSA) is 94.8 Å². The predicted octanol–water partition coefficient (Wildman–Crippen LogP) is 0.00760. The van der Waals surface area contributed by atoms with Crippen molar-refractivity contribution in [3.8, 4) is 0 Å². The summed E-state index contributed by atoms with van der Waals surface area (Å²) in [6.45, 7) is 8.45. The fourth-order valence-corrected chi connectivity index (χ4v) is 0.993. The third-order valence-corrected chi connectivity index (χ3v) is 1.68. The molecular formula is C11H25N3O4. The first-order chi connectivity index (χ1) is 8.45. The quantitative estimate of drug-likeness (QED) is 0.308. The van der Waals surface area contributed by atoms with Gasteiger partial charge in [0, 0.05) is 13.1 Å². The van der Waals surface area contributed by atoms with E-state index in [0.29, 0.717) is 39.5 Å². The monoisotopic (exact) mass is 263 g/mol. The van der Waals surface area contributed by atoms with Crippen LogP contribution in [0.1, 0.15) is 20.8 Å². The lowest BCUT2D eigenvalue weighted by Gasteiger charge is -2.19. The number of hydrazine groups is 1. The van der Waals surface area contributed by atoms with E-state index in [4.69, 9.17) is 20.1 Å². The van der Waals surface area contributed by atoms with Gasteiger partial charge in [-0.05, 0) is 20.8 Å². The van der Waals surface area contributed by atoms with Crippen molar-refractivity contribution in [2.75, 3.05) is 39.5 Å². The van der Waals surface area contributed by atoms with E-state index in [1.807, 2.05) is 20.8 Å². The van der Waals surface area contributed by atoms with Crippen LogP contribution in [0.15, 0.2) is 0 Å². The summed E-state index contributed by atoms with van der Waals surface area (Å²) in [4.78, 5) is 11.2. The van der Waals surface area contributed by atoms with Crippen LogP contribution in [0.5, 0.6) is 0 Å². The Labute approximate surface area is 108 Å². The molecular weight excluding hydrogens is 238 g/mol. The van der Waals surface area contributed by atoms with Gasteiger partial charge < -0.3 is 19.5 Å². The summed E-state index contributed by atoms with van der Waals surface area (Å²) >= 11 is 0. The molecule has 0 aromatic heterocycles. The molecule has 0 aliphatic rings. The highest BCUT2D eigenvalue weighted by atomic mass is 16.6. The first kappa shape index (κ1) is 17.1. The molecule has 7 nitrogen and oxygen atoms in total. The molecule has 0 rings (SSSR count). The largest absolute Gasteiger partial charge is 0.444 e. The van der Waals surface area contributed by atoms with E-state index < -0.39 is 11.7 Å². The van der Waals surface area contributed by atoms with Gasteiger partial charge in [-0.15, -0.1) is 0 Å². The maximum absolute atomic E-state index is 11.2. The zero-order valence-electron chi connectivity index (χ0n) is 11.5. The summed E-state index contributed by atoms with van der Waals surface area (Å²) in [6.07, 6.45) is -0.434. The van der Waals surface area contributed by atoms with Crippen LogP contribution in [0.4, 0.5) is 4.79 Å². The van der Waals surface area contributed by atoms with Crippen LogP contribution in [0.3, 0.4) is 0 Å². The van der Waals surface area contributed by atoms with E-state index in [0.717, 1.165) is 0 Å². The number of alkyl carbamates (subject to hydrolysis) is 1. The molecule has 0 aromatic carbocycles. The van der Waals surface area contributed by atoms with Gasteiger partial charge >= 0.3 is 6.09 Å². The molecule has 0 unspecified atom stereocenters. The van der Waals surface area contributed by atoms with Gasteiger partial charge in [0.15, 0.2) is 0 Å². The average Bonchev–Trinajstić information content (AvgIpc) is 2.24. The Kier molecular flexibility index (Phi) is 9.57. The fourth-order valence-electron chi connectivity index (χ4n) is 0.993. The smallest absolute Gasteiger partial charge is 0.407 e. The summed E-state index contributed by atoms with van der Waals surface area (Å²) in [7, 11) is 0. The SMILES string of the molecule is CC(C)(C)OC(=O)NCCOCCOCCNN. The number of nitrogens with two attached hydrogens (primary N) is 1. The number of hydrogen-bond donors (Lipinski definition) is 3. The maximum atomic E-state index is 11.2. The average molecular weight is 263 g/mol. The van der Waals surface area contributed by atoms with Crippen molar-refractivity contribution in [1.82, 2.24) is 10.7 Å². The van der Waals surface area contributed by atoms with Crippen LogP contribution in [0, 0.1) is 0 Å². The van der Waals surface area contributed by atoms with Gasteiger partial charge in [0.1, 0.15) is 5.60 Å². The van der Waals surface area contributed by atoms with Crippen LogP contribution in [0.25, 0.3) is 0 Å². The normalized spacial score (nSPS) is 11.3. The highest BCUT2D eigenvalue weighted by Crippen LogP contribution is 2.05. The van der Waals surface area contributed by atoms with Gasteiger partial charge in [0.2, 0.25) is 0 Å². The van der Waals surface area contributed by atoms with Crippen LogP contribution in [0.2, 0.25) is 0 Å². The predicted molar refractivity (Wildman–Crippen MR) is 68.1 cm³/mol. The molecule has 4 N–H and O–H groups in total. The van der Waals surface area contributed by atoms with Crippen molar-refractivity contribution in [2.24, 2.45) is 5.84 Å². The molecule has 0 saturated carbocycles. The van der Waals surface area contributed by atoms with Crippen LogP contribution in [-0.2, 0) is 14.2 Å². The summed E-state index contributed by atoms with van der Waals surface area (Å²) in [6, 6.07) is 0. The Bertz CT molecular complexity index is 219. The summed E-state index contributed by atoms with van der Waals surface area (Å²) in [5, 5.41) is 2.60. The van der Waals surface area contributed by atoms with Crippen LogP contribution < -0.4 is 16.6 Å². The molecule has 0 heterocycles. The van der Waals surface area contributed by atoms with Gasteiger partial charge in [0.25, 0.3) is 0 Å². The Balaban J connectivity index is 3.23. The number of nitrogens with one attached hydrogen (secondary N) is 2. The van der Waals surface area contributed by atoms with E-state index in [2.05, 4.69) is 10.7 Å². The number of amides is 1. The van der Waals surface area contributed by atoms with Gasteiger partial charge in [-0.1, -0.05) is 0 Å². The first-order valence-corrected chi connectivity index (χ1v) is 6.01. The van der Waals surface area contributed by atoms with E-state index in [9.17, 15) is 4.79 Å². The lowest BCUT2D eigenvalue weighted by atomic mass is 10.2. The lowest BCUT2D eigenvalue weighted by molar-refractivity contribution is 0.0403. The first-order valence-electron chi connectivity index (χ1n) is 6.01. The number of rotatable bonds is 9. The minimum atomic E-state index is -0.476. The third kappa shape index (κ3) is 13.2. The molecule has 108 valence electrons. The van der Waals surface area contributed by atoms with Crippen molar-refractivity contribution >= 4 is 6.09 Å². The Morgan fingerprint density at radius 1 is 1.06 bits per heavy atom. The van der Waals surface area contributed by atoms with E-state index in [1.165, 1.54) is 0 Å². The van der Waals surface area contributed by atoms with Gasteiger partial charge in [-0.25, -0.2) is 4.79 Å². The minimum absolute atomic E-state index is 0.416. The molecule has 1 amide bonds. The van der Waals surface area contributed by atoms with Crippen molar-refractivity contribution in [3.05, 3.63) is 0 Å². The molecule has 0 bridgehead atoms. The highest BCUT2D eigenvalue weighted by molar-refractivity contribution is 5.67. The Morgan fingerprint density at radius 2 is 1.61 bits per heavy atom. The lowest BCUT2D eigenvalue weighted by Crippen LogP contribution is -2.34. The van der Waals surface area contributed by atoms with Gasteiger partial charge in [-0.3, -0.25) is 11.3 Å². The van der Waals surface area contributed by atoms with Crippen molar-refractivity contribution < 1.29 is 19.0 Å². The molecule has 0 aromatic rings. The minimum Gasteiger partial charge on any atom is -0.444 e. The molecule has 0 aliphatic carbocycles. The molecule has 7 heteroatoms. The van der Waals surface area contributed by atoms with E-state index in [1.54, 1.807) is 0 Å². The molecule has 0 aliphatic heterocycles. The third-order valence-electron chi connectivity index (χ3n) is 1.68. The molecule has 0 atom stereocenters. The van der Waals surface area contributed by atoms with Crippen LogP contribution >= 0.6 is 0 Å². The number of ether oxygens (including phenoxy) is 3. The van der Waals surface area contributed by atoms with Crippen molar-refractivity contribution in [2.45, 2.75) is 26.4 Å². The number of carbonyl (C=O) groups excluding carboxylic acids is 1. The summed E-state index contributed by atoms with van der Waals surface area (Å²) < 4.78 is 15.5. The van der Waals surface area contributed by atoms with E-state index in [-0.39, 0.29) is 0 Å². The fraction of sp³-hybridized carbons (Fsp3) is 0.909. The summed E-state index contributed by atoms with van der Waals surface area (Å²) in [5.74, 6) is 5.07. The zero-order valence-corrected chi connectivity index (χ0v) is 11.5. The molecule has 0 spiro atoms. The highest BCUT2D eigenvalue weighted by Gasteiger charge is 2.15. The number of hydrogen-bond acceptors (Lipinski definition) is 6. The Hall–Kier alpha value is -0.890. The second-order valence-corrected chi connectivity index (χ2v) is 4.61. The molecule has 0 radical (unpaired) electrons. The molecule has 18 heavy (non-hydrogen) atoms. The van der Waals surface area contributed by atoms with Crippen molar-refractivity contribution in [1.29, 1.82) is 0 Å². The van der Waals surface area contributed by atoms with Gasteiger partial charge in [-0.2, -0.15) is 0 Å². The van der Waals surface area contributed by atoms with Crippen LogP contribution in [-0.4, -0.2) is 51.2 Å². The second-order valence-electron chi connectivity index (χ2n) is 4.61.